The molecular weight excluding hydrogens is 216 g/mol. The van der Waals surface area contributed by atoms with Crippen LogP contribution >= 0.6 is 0 Å². The zero-order valence-corrected chi connectivity index (χ0v) is 10.2. The number of aliphatic hydroxyl groups excluding tert-OH is 1. The second-order valence-corrected chi connectivity index (χ2v) is 5.13. The summed E-state index contributed by atoms with van der Waals surface area (Å²) in [5.74, 6) is 0.603. The lowest BCUT2D eigenvalue weighted by atomic mass is 10.2. The summed E-state index contributed by atoms with van der Waals surface area (Å²) in [5.41, 5.74) is 1.97. The minimum absolute atomic E-state index is 0.0234. The van der Waals surface area contributed by atoms with E-state index in [9.17, 15) is 5.11 Å². The topological polar surface area (TPSA) is 54.2 Å². The third-order valence-corrected chi connectivity index (χ3v) is 3.79. The number of hydrogen-bond donors (Lipinski definition) is 1. The van der Waals surface area contributed by atoms with Crippen molar-refractivity contribution in [1.82, 2.24) is 19.9 Å². The molecule has 0 atom stereocenters. The standard InChI is InChI=1S/C12H20N4O/c17-9-11-12(10-3-4-10)16(14-13-11)8-7-15-5-1-2-6-15/h10,17H,1-9H2. The van der Waals surface area contributed by atoms with E-state index < -0.39 is 0 Å². The molecular formula is C12H20N4O. The van der Waals surface area contributed by atoms with Gasteiger partial charge < -0.3 is 10.0 Å². The highest BCUT2D eigenvalue weighted by Crippen LogP contribution is 2.41. The van der Waals surface area contributed by atoms with Crippen LogP contribution in [-0.2, 0) is 13.2 Å². The summed E-state index contributed by atoms with van der Waals surface area (Å²) < 4.78 is 2.02. The van der Waals surface area contributed by atoms with Gasteiger partial charge in [-0.15, -0.1) is 5.10 Å². The highest BCUT2D eigenvalue weighted by atomic mass is 16.3. The molecule has 17 heavy (non-hydrogen) atoms. The van der Waals surface area contributed by atoms with Crippen molar-refractivity contribution in [1.29, 1.82) is 0 Å². The largest absolute Gasteiger partial charge is 0.390 e. The van der Waals surface area contributed by atoms with Gasteiger partial charge in [-0.3, -0.25) is 0 Å². The first-order chi connectivity index (χ1) is 8.38. The van der Waals surface area contributed by atoms with Crippen molar-refractivity contribution < 1.29 is 5.11 Å². The van der Waals surface area contributed by atoms with Crippen molar-refractivity contribution in [3.05, 3.63) is 11.4 Å². The summed E-state index contributed by atoms with van der Waals surface area (Å²) in [4.78, 5) is 2.48. The van der Waals surface area contributed by atoms with Gasteiger partial charge in [-0.1, -0.05) is 5.21 Å². The third kappa shape index (κ3) is 2.35. The Morgan fingerprint density at radius 3 is 2.59 bits per heavy atom. The Bertz CT molecular complexity index is 380. The predicted molar refractivity (Wildman–Crippen MR) is 63.6 cm³/mol. The smallest absolute Gasteiger partial charge is 0.112 e. The Labute approximate surface area is 101 Å². The van der Waals surface area contributed by atoms with Gasteiger partial charge in [0.15, 0.2) is 0 Å². The SMILES string of the molecule is OCc1nnn(CCN2CCCC2)c1C1CC1. The molecule has 1 aromatic rings. The van der Waals surface area contributed by atoms with Crippen LogP contribution in [-0.4, -0.2) is 44.6 Å². The van der Waals surface area contributed by atoms with E-state index in [1.807, 2.05) is 4.68 Å². The van der Waals surface area contributed by atoms with Crippen molar-refractivity contribution in [2.45, 2.75) is 44.8 Å². The fraction of sp³-hybridized carbons (Fsp3) is 0.833. The van der Waals surface area contributed by atoms with Gasteiger partial charge in [0.2, 0.25) is 0 Å². The van der Waals surface area contributed by atoms with Crippen LogP contribution in [0.5, 0.6) is 0 Å². The highest BCUT2D eigenvalue weighted by molar-refractivity contribution is 5.19. The van der Waals surface area contributed by atoms with E-state index in [-0.39, 0.29) is 6.61 Å². The summed E-state index contributed by atoms with van der Waals surface area (Å²) in [6.45, 7) is 4.45. The number of nitrogens with zero attached hydrogens (tertiary/aromatic N) is 4. The molecule has 0 spiro atoms. The summed E-state index contributed by atoms with van der Waals surface area (Å²) in [6, 6.07) is 0. The van der Waals surface area contributed by atoms with Gasteiger partial charge >= 0.3 is 0 Å². The van der Waals surface area contributed by atoms with Gasteiger partial charge in [-0.05, 0) is 38.8 Å². The zero-order chi connectivity index (χ0) is 11.7. The molecule has 94 valence electrons. The highest BCUT2D eigenvalue weighted by Gasteiger charge is 2.31. The Kier molecular flexibility index (Phi) is 3.11. The average molecular weight is 236 g/mol. The number of aromatic nitrogens is 3. The van der Waals surface area contributed by atoms with Crippen LogP contribution in [0.4, 0.5) is 0 Å². The summed E-state index contributed by atoms with van der Waals surface area (Å²) in [6.07, 6.45) is 5.11. The van der Waals surface area contributed by atoms with E-state index in [4.69, 9.17) is 0 Å². The number of rotatable bonds is 5. The number of aliphatic hydroxyl groups is 1. The monoisotopic (exact) mass is 236 g/mol. The van der Waals surface area contributed by atoms with Crippen LogP contribution in [0.25, 0.3) is 0 Å². The van der Waals surface area contributed by atoms with Crippen LogP contribution < -0.4 is 0 Å². The van der Waals surface area contributed by atoms with Crippen molar-refractivity contribution in [2.75, 3.05) is 19.6 Å². The van der Waals surface area contributed by atoms with Crippen molar-refractivity contribution in [3.8, 4) is 0 Å². The second kappa shape index (κ2) is 4.74. The number of hydrogen-bond acceptors (Lipinski definition) is 4. The van der Waals surface area contributed by atoms with E-state index in [0.29, 0.717) is 5.92 Å². The third-order valence-electron chi connectivity index (χ3n) is 3.79. The molecule has 1 aromatic heterocycles. The lowest BCUT2D eigenvalue weighted by Gasteiger charge is -2.15. The van der Waals surface area contributed by atoms with Crippen LogP contribution in [0, 0.1) is 0 Å². The molecule has 0 unspecified atom stereocenters. The fourth-order valence-electron chi connectivity index (χ4n) is 2.68. The molecule has 2 aliphatic rings. The quantitative estimate of drug-likeness (QED) is 0.819. The molecule has 0 aromatic carbocycles. The van der Waals surface area contributed by atoms with E-state index in [2.05, 4.69) is 15.2 Å². The Balaban J connectivity index is 1.66. The van der Waals surface area contributed by atoms with Crippen LogP contribution in [0.1, 0.15) is 43.0 Å². The molecule has 1 aliphatic carbocycles. The fourth-order valence-corrected chi connectivity index (χ4v) is 2.68. The molecule has 0 bridgehead atoms. The Hall–Kier alpha value is -0.940. The Morgan fingerprint density at radius 2 is 1.94 bits per heavy atom. The summed E-state index contributed by atoms with van der Waals surface area (Å²) in [5, 5.41) is 17.5. The molecule has 2 heterocycles. The molecule has 1 saturated carbocycles. The average Bonchev–Trinajstić information content (AvgIpc) is 2.92. The molecule has 3 rings (SSSR count). The maximum Gasteiger partial charge on any atom is 0.112 e. The maximum absolute atomic E-state index is 9.26. The molecule has 1 saturated heterocycles. The zero-order valence-electron chi connectivity index (χ0n) is 10.2. The first-order valence-corrected chi connectivity index (χ1v) is 6.64. The van der Waals surface area contributed by atoms with Gasteiger partial charge in [0.25, 0.3) is 0 Å². The molecule has 0 amide bonds. The normalized spacial score (nSPS) is 21.2. The van der Waals surface area contributed by atoms with Crippen LogP contribution in [0.2, 0.25) is 0 Å². The van der Waals surface area contributed by atoms with E-state index >= 15 is 0 Å². The van der Waals surface area contributed by atoms with Crippen molar-refractivity contribution in [3.63, 3.8) is 0 Å². The van der Waals surface area contributed by atoms with Gasteiger partial charge in [-0.25, -0.2) is 4.68 Å². The second-order valence-electron chi connectivity index (χ2n) is 5.13. The lowest BCUT2D eigenvalue weighted by Crippen LogP contribution is -2.25. The van der Waals surface area contributed by atoms with E-state index in [1.54, 1.807) is 0 Å². The molecule has 2 fully saturated rings. The molecule has 0 radical (unpaired) electrons. The van der Waals surface area contributed by atoms with Gasteiger partial charge in [0.05, 0.1) is 18.8 Å². The van der Waals surface area contributed by atoms with E-state index in [0.717, 1.165) is 18.8 Å². The lowest BCUT2D eigenvalue weighted by molar-refractivity contribution is 0.275. The molecule has 5 heteroatoms. The van der Waals surface area contributed by atoms with Crippen molar-refractivity contribution in [2.24, 2.45) is 0 Å². The van der Waals surface area contributed by atoms with Crippen LogP contribution in [0.15, 0.2) is 0 Å². The van der Waals surface area contributed by atoms with Crippen LogP contribution in [0.3, 0.4) is 0 Å². The van der Waals surface area contributed by atoms with Gasteiger partial charge in [0.1, 0.15) is 5.69 Å². The minimum atomic E-state index is 0.0234. The molecule has 5 nitrogen and oxygen atoms in total. The van der Waals surface area contributed by atoms with Gasteiger partial charge in [0, 0.05) is 12.5 Å². The summed E-state index contributed by atoms with van der Waals surface area (Å²) >= 11 is 0. The molecule has 1 N–H and O–H groups in total. The molecule has 1 aliphatic heterocycles. The predicted octanol–water partition coefficient (Wildman–Crippen LogP) is 0.744. The van der Waals surface area contributed by atoms with Crippen molar-refractivity contribution >= 4 is 0 Å². The first-order valence-electron chi connectivity index (χ1n) is 6.64. The van der Waals surface area contributed by atoms with Gasteiger partial charge in [-0.2, -0.15) is 0 Å². The summed E-state index contributed by atoms with van der Waals surface area (Å²) in [7, 11) is 0. The maximum atomic E-state index is 9.26. The number of likely N-dealkylation sites (tertiary alicyclic amines) is 1. The van der Waals surface area contributed by atoms with E-state index in [1.165, 1.54) is 44.5 Å². The minimum Gasteiger partial charge on any atom is -0.390 e. The first kappa shape index (κ1) is 11.2. The Morgan fingerprint density at radius 1 is 1.18 bits per heavy atom.